The summed E-state index contributed by atoms with van der Waals surface area (Å²) in [6, 6.07) is 2.23. The quantitative estimate of drug-likeness (QED) is 0.914. The number of piperidine rings is 1. The van der Waals surface area contributed by atoms with Crippen LogP contribution in [-0.2, 0) is 13.1 Å². The zero-order chi connectivity index (χ0) is 13.9. The predicted octanol–water partition coefficient (Wildman–Crippen LogP) is 3.32. The zero-order valence-corrected chi connectivity index (χ0v) is 13.0. The first-order chi connectivity index (χ1) is 9.76. The largest absolute Gasteiger partial charge is 0.465 e. The average Bonchev–Trinajstić information content (AvgIpc) is 2.79. The van der Waals surface area contributed by atoms with Gasteiger partial charge >= 0.3 is 0 Å². The molecule has 2 fully saturated rings. The van der Waals surface area contributed by atoms with Gasteiger partial charge in [-0.2, -0.15) is 0 Å². The molecule has 1 aliphatic heterocycles. The standard InChI is InChI=1S/C17H28N2O/c1-13-16(10-18-2)9-17(20-13)12-19-8-7-14-5-3-4-6-15(14)11-19/h9,14-15,18H,3-8,10-12H2,1-2H3. The number of nitrogens with zero attached hydrogens (tertiary/aromatic N) is 1. The average molecular weight is 276 g/mol. The Morgan fingerprint density at radius 2 is 2.05 bits per heavy atom. The lowest BCUT2D eigenvalue weighted by molar-refractivity contribution is 0.0772. The highest BCUT2D eigenvalue weighted by atomic mass is 16.3. The van der Waals surface area contributed by atoms with Crippen molar-refractivity contribution in [3.05, 3.63) is 23.2 Å². The van der Waals surface area contributed by atoms with Gasteiger partial charge in [-0.05, 0) is 51.3 Å². The number of hydrogen-bond acceptors (Lipinski definition) is 3. The van der Waals surface area contributed by atoms with Gasteiger partial charge in [0.05, 0.1) is 6.54 Å². The highest BCUT2D eigenvalue weighted by Gasteiger charge is 2.31. The summed E-state index contributed by atoms with van der Waals surface area (Å²) in [4.78, 5) is 2.61. The summed E-state index contributed by atoms with van der Waals surface area (Å²) < 4.78 is 5.92. The van der Waals surface area contributed by atoms with Crippen LogP contribution >= 0.6 is 0 Å². The number of furan rings is 1. The first-order valence-electron chi connectivity index (χ1n) is 8.21. The van der Waals surface area contributed by atoms with Gasteiger partial charge in [0.2, 0.25) is 0 Å². The Labute approximate surface area is 122 Å². The molecule has 2 unspecified atom stereocenters. The first-order valence-corrected chi connectivity index (χ1v) is 8.21. The predicted molar refractivity (Wildman–Crippen MR) is 81.6 cm³/mol. The molecule has 3 nitrogen and oxygen atoms in total. The maximum Gasteiger partial charge on any atom is 0.118 e. The van der Waals surface area contributed by atoms with Crippen molar-refractivity contribution < 1.29 is 4.42 Å². The molecule has 1 aliphatic carbocycles. The molecule has 2 atom stereocenters. The molecular formula is C17H28N2O. The van der Waals surface area contributed by atoms with Crippen molar-refractivity contribution in [3.8, 4) is 0 Å². The van der Waals surface area contributed by atoms with Gasteiger partial charge in [-0.25, -0.2) is 0 Å². The fourth-order valence-electron chi connectivity index (χ4n) is 4.07. The summed E-state index contributed by atoms with van der Waals surface area (Å²) in [6.45, 7) is 6.51. The molecule has 1 saturated heterocycles. The molecule has 1 saturated carbocycles. The van der Waals surface area contributed by atoms with E-state index in [9.17, 15) is 0 Å². The van der Waals surface area contributed by atoms with E-state index < -0.39 is 0 Å². The van der Waals surface area contributed by atoms with Crippen molar-refractivity contribution in [3.63, 3.8) is 0 Å². The van der Waals surface area contributed by atoms with E-state index >= 15 is 0 Å². The number of fused-ring (bicyclic) bond motifs is 1. The molecule has 0 bridgehead atoms. The molecule has 0 aromatic carbocycles. The molecule has 3 heteroatoms. The lowest BCUT2D eigenvalue weighted by Crippen LogP contribution is -2.41. The van der Waals surface area contributed by atoms with Crippen LogP contribution in [-0.4, -0.2) is 25.0 Å². The van der Waals surface area contributed by atoms with Crippen LogP contribution in [0.4, 0.5) is 0 Å². The van der Waals surface area contributed by atoms with E-state index in [1.165, 1.54) is 50.8 Å². The van der Waals surface area contributed by atoms with Crippen molar-refractivity contribution in [1.29, 1.82) is 0 Å². The Morgan fingerprint density at radius 1 is 1.25 bits per heavy atom. The summed E-state index contributed by atoms with van der Waals surface area (Å²) in [6.07, 6.45) is 7.23. The highest BCUT2D eigenvalue weighted by Crippen LogP contribution is 2.36. The Hall–Kier alpha value is -0.800. The Balaban J connectivity index is 1.59. The van der Waals surface area contributed by atoms with Crippen LogP contribution in [0.1, 0.15) is 49.2 Å². The van der Waals surface area contributed by atoms with Crippen LogP contribution in [0.2, 0.25) is 0 Å². The van der Waals surface area contributed by atoms with Crippen molar-refractivity contribution in [2.45, 2.75) is 52.1 Å². The molecule has 3 rings (SSSR count). The maximum absolute atomic E-state index is 5.92. The molecule has 112 valence electrons. The van der Waals surface area contributed by atoms with Gasteiger partial charge in [-0.15, -0.1) is 0 Å². The molecule has 0 spiro atoms. The summed E-state index contributed by atoms with van der Waals surface area (Å²) >= 11 is 0. The van der Waals surface area contributed by atoms with E-state index in [-0.39, 0.29) is 0 Å². The molecule has 1 N–H and O–H groups in total. The minimum absolute atomic E-state index is 0.903. The third-order valence-corrected chi connectivity index (χ3v) is 5.19. The molecule has 2 heterocycles. The maximum atomic E-state index is 5.92. The number of hydrogen-bond donors (Lipinski definition) is 1. The summed E-state index contributed by atoms with van der Waals surface area (Å²) in [5.74, 6) is 4.17. The van der Waals surface area contributed by atoms with Crippen LogP contribution in [0.15, 0.2) is 10.5 Å². The molecule has 0 radical (unpaired) electrons. The first kappa shape index (κ1) is 14.2. The zero-order valence-electron chi connectivity index (χ0n) is 13.0. The fraction of sp³-hybridized carbons (Fsp3) is 0.765. The van der Waals surface area contributed by atoms with Gasteiger partial charge < -0.3 is 9.73 Å². The summed E-state index contributed by atoms with van der Waals surface area (Å²) in [5, 5.41) is 3.21. The molecule has 0 amide bonds. The second kappa shape index (κ2) is 6.31. The van der Waals surface area contributed by atoms with Gasteiger partial charge in [0.25, 0.3) is 0 Å². The highest BCUT2D eigenvalue weighted by molar-refractivity contribution is 5.20. The third kappa shape index (κ3) is 3.09. The van der Waals surface area contributed by atoms with Crippen LogP contribution < -0.4 is 5.32 Å². The van der Waals surface area contributed by atoms with E-state index in [0.717, 1.165) is 36.4 Å². The minimum atomic E-state index is 0.903. The SMILES string of the molecule is CNCc1cc(CN2CCC3CCCCC3C2)oc1C. The second-order valence-corrected chi connectivity index (χ2v) is 6.65. The van der Waals surface area contributed by atoms with Gasteiger partial charge in [0.15, 0.2) is 0 Å². The van der Waals surface area contributed by atoms with Crippen molar-refractivity contribution in [1.82, 2.24) is 10.2 Å². The number of aryl methyl sites for hydroxylation is 1. The minimum Gasteiger partial charge on any atom is -0.465 e. The van der Waals surface area contributed by atoms with Crippen LogP contribution in [0.3, 0.4) is 0 Å². The molecule has 20 heavy (non-hydrogen) atoms. The van der Waals surface area contributed by atoms with Crippen molar-refractivity contribution >= 4 is 0 Å². The smallest absolute Gasteiger partial charge is 0.118 e. The van der Waals surface area contributed by atoms with Gasteiger partial charge in [-0.3, -0.25) is 4.90 Å². The van der Waals surface area contributed by atoms with Crippen LogP contribution in [0, 0.1) is 18.8 Å². The summed E-state index contributed by atoms with van der Waals surface area (Å²) in [7, 11) is 1.99. The van der Waals surface area contributed by atoms with Crippen LogP contribution in [0.5, 0.6) is 0 Å². The third-order valence-electron chi connectivity index (χ3n) is 5.19. The van der Waals surface area contributed by atoms with E-state index in [1.807, 2.05) is 7.05 Å². The lowest BCUT2D eigenvalue weighted by Gasteiger charge is -2.41. The lowest BCUT2D eigenvalue weighted by atomic mass is 9.75. The van der Waals surface area contributed by atoms with Crippen molar-refractivity contribution in [2.75, 3.05) is 20.1 Å². The number of likely N-dealkylation sites (tertiary alicyclic amines) is 1. The summed E-state index contributed by atoms with van der Waals surface area (Å²) in [5.41, 5.74) is 1.30. The Kier molecular flexibility index (Phi) is 4.47. The second-order valence-electron chi connectivity index (χ2n) is 6.65. The van der Waals surface area contributed by atoms with Crippen LogP contribution in [0.25, 0.3) is 0 Å². The van der Waals surface area contributed by atoms with Gasteiger partial charge in [-0.1, -0.05) is 19.3 Å². The van der Waals surface area contributed by atoms with Gasteiger partial charge in [0.1, 0.15) is 11.5 Å². The molecule has 2 aliphatic rings. The topological polar surface area (TPSA) is 28.4 Å². The molecule has 1 aromatic rings. The van der Waals surface area contributed by atoms with Gasteiger partial charge in [0, 0.05) is 18.7 Å². The van der Waals surface area contributed by atoms with E-state index in [0.29, 0.717) is 0 Å². The molecule has 1 aromatic heterocycles. The fourth-order valence-corrected chi connectivity index (χ4v) is 4.07. The normalized spacial score (nSPS) is 27.5. The van der Waals surface area contributed by atoms with Crippen molar-refractivity contribution in [2.24, 2.45) is 11.8 Å². The number of nitrogens with one attached hydrogen (secondary N) is 1. The van der Waals surface area contributed by atoms with E-state index in [4.69, 9.17) is 4.42 Å². The number of rotatable bonds is 4. The Bertz CT molecular complexity index is 440. The monoisotopic (exact) mass is 276 g/mol. The van der Waals surface area contributed by atoms with E-state index in [1.54, 1.807) is 0 Å². The molecular weight excluding hydrogens is 248 g/mol. The van der Waals surface area contributed by atoms with E-state index in [2.05, 4.69) is 23.2 Å². The Morgan fingerprint density at radius 3 is 2.85 bits per heavy atom.